The lowest BCUT2D eigenvalue weighted by atomic mass is 9.88. The number of nitrogens with zero attached hydrogens (tertiary/aromatic N) is 2. The number of carbonyl (C=O) groups is 1. The monoisotopic (exact) mass is 254 g/mol. The summed E-state index contributed by atoms with van der Waals surface area (Å²) in [6.07, 6.45) is 4.76. The van der Waals surface area contributed by atoms with E-state index in [1.54, 1.807) is 11.8 Å². The van der Waals surface area contributed by atoms with Crippen molar-refractivity contribution >= 4 is 17.5 Å². The number of rotatable bonds is 5. The van der Waals surface area contributed by atoms with Crippen LogP contribution >= 0.6 is 11.8 Å². The molecule has 5 heteroatoms. The first-order valence-corrected chi connectivity index (χ1v) is 7.39. The first kappa shape index (κ1) is 12.6. The normalized spacial score (nSPS) is 20.8. The maximum absolute atomic E-state index is 11.7. The fraction of sp³-hybridized carbons (Fsp3) is 0.750. The molecule has 1 aliphatic rings. The van der Waals surface area contributed by atoms with Gasteiger partial charge in [-0.3, -0.25) is 4.79 Å². The van der Waals surface area contributed by atoms with Gasteiger partial charge in [0, 0.05) is 6.42 Å². The van der Waals surface area contributed by atoms with E-state index in [9.17, 15) is 4.79 Å². The van der Waals surface area contributed by atoms with Gasteiger partial charge in [0.15, 0.2) is 5.82 Å². The van der Waals surface area contributed by atoms with Crippen LogP contribution in [0.15, 0.2) is 4.52 Å². The highest BCUT2D eigenvalue weighted by Crippen LogP contribution is 2.29. The molecule has 94 valence electrons. The summed E-state index contributed by atoms with van der Waals surface area (Å²) in [4.78, 5) is 16.1. The second kappa shape index (κ2) is 6.19. The van der Waals surface area contributed by atoms with Gasteiger partial charge >= 0.3 is 0 Å². The Morgan fingerprint density at radius 1 is 1.47 bits per heavy atom. The average molecular weight is 254 g/mol. The van der Waals surface area contributed by atoms with Gasteiger partial charge < -0.3 is 4.52 Å². The van der Waals surface area contributed by atoms with Crippen molar-refractivity contribution in [2.24, 2.45) is 0 Å². The Bertz CT molecular complexity index is 378. The van der Waals surface area contributed by atoms with Crippen LogP contribution in [0.5, 0.6) is 0 Å². The molecule has 4 nitrogen and oxygen atoms in total. The van der Waals surface area contributed by atoms with Gasteiger partial charge in [0.05, 0.1) is 11.7 Å². The van der Waals surface area contributed by atoms with Gasteiger partial charge in [-0.2, -0.15) is 16.7 Å². The van der Waals surface area contributed by atoms with Crippen molar-refractivity contribution in [2.45, 2.75) is 50.7 Å². The smallest absolute Gasteiger partial charge is 0.237 e. The molecule has 0 bridgehead atoms. The van der Waals surface area contributed by atoms with Crippen molar-refractivity contribution < 1.29 is 9.32 Å². The number of aromatic nitrogens is 2. The third-order valence-electron chi connectivity index (χ3n) is 2.92. The predicted molar refractivity (Wildman–Crippen MR) is 67.0 cm³/mol. The summed E-state index contributed by atoms with van der Waals surface area (Å²) in [6.45, 7) is 2.15. The molecule has 1 aromatic heterocycles. The van der Waals surface area contributed by atoms with Gasteiger partial charge in [0.25, 0.3) is 0 Å². The highest BCUT2D eigenvalue weighted by molar-refractivity contribution is 7.98. The van der Waals surface area contributed by atoms with Crippen LogP contribution in [-0.4, -0.2) is 21.7 Å². The predicted octanol–water partition coefficient (Wildman–Crippen LogP) is 2.94. The third-order valence-corrected chi connectivity index (χ3v) is 4.08. The minimum Gasteiger partial charge on any atom is -0.339 e. The lowest BCUT2D eigenvalue weighted by Gasteiger charge is -2.16. The van der Waals surface area contributed by atoms with E-state index in [4.69, 9.17) is 4.52 Å². The molecule has 0 amide bonds. The molecule has 1 atom stereocenters. The molecule has 1 heterocycles. The van der Waals surface area contributed by atoms with Crippen LogP contribution in [-0.2, 0) is 10.5 Å². The van der Waals surface area contributed by atoms with Crippen molar-refractivity contribution in [1.82, 2.24) is 10.1 Å². The zero-order valence-electron chi connectivity index (χ0n) is 10.1. The standard InChI is InChI=1S/C12H18N2O2S/c1-2-7-17-8-11-13-12(16-14-11)9-5-3-4-6-10(9)15/h9H,2-8H2,1H3. The Kier molecular flexibility index (Phi) is 4.59. The Balaban J connectivity index is 1.94. The summed E-state index contributed by atoms with van der Waals surface area (Å²) in [5.41, 5.74) is 0. The van der Waals surface area contributed by atoms with Gasteiger partial charge in [-0.15, -0.1) is 0 Å². The van der Waals surface area contributed by atoms with Crippen molar-refractivity contribution in [3.8, 4) is 0 Å². The maximum atomic E-state index is 11.7. The van der Waals surface area contributed by atoms with Crippen molar-refractivity contribution in [3.05, 3.63) is 11.7 Å². The molecule has 1 saturated carbocycles. The van der Waals surface area contributed by atoms with Crippen LogP contribution in [0.2, 0.25) is 0 Å². The number of hydrogen-bond acceptors (Lipinski definition) is 5. The molecule has 1 aromatic rings. The van der Waals surface area contributed by atoms with E-state index in [-0.39, 0.29) is 11.7 Å². The van der Waals surface area contributed by atoms with E-state index in [1.165, 1.54) is 0 Å². The van der Waals surface area contributed by atoms with Gasteiger partial charge in [0.2, 0.25) is 5.89 Å². The Hall–Kier alpha value is -0.840. The second-order valence-electron chi connectivity index (χ2n) is 4.37. The summed E-state index contributed by atoms with van der Waals surface area (Å²) >= 11 is 1.80. The highest BCUT2D eigenvalue weighted by Gasteiger charge is 2.28. The van der Waals surface area contributed by atoms with E-state index >= 15 is 0 Å². The van der Waals surface area contributed by atoms with Crippen molar-refractivity contribution in [3.63, 3.8) is 0 Å². The minimum absolute atomic E-state index is 0.138. The quantitative estimate of drug-likeness (QED) is 0.756. The number of carbonyl (C=O) groups excluding carboxylic acids is 1. The molecule has 0 aromatic carbocycles. The highest BCUT2D eigenvalue weighted by atomic mass is 32.2. The van der Waals surface area contributed by atoms with Crippen molar-refractivity contribution in [2.75, 3.05) is 5.75 Å². The summed E-state index contributed by atoms with van der Waals surface area (Å²) in [7, 11) is 0. The van der Waals surface area contributed by atoms with Crippen molar-refractivity contribution in [1.29, 1.82) is 0 Å². The largest absolute Gasteiger partial charge is 0.339 e. The number of ketones is 1. The van der Waals surface area contributed by atoms with E-state index in [2.05, 4.69) is 17.1 Å². The molecule has 0 saturated heterocycles. The zero-order valence-corrected chi connectivity index (χ0v) is 11.0. The lowest BCUT2D eigenvalue weighted by Crippen LogP contribution is -2.17. The second-order valence-corrected chi connectivity index (χ2v) is 5.47. The van der Waals surface area contributed by atoms with Gasteiger partial charge in [-0.1, -0.05) is 18.5 Å². The van der Waals surface area contributed by atoms with E-state index < -0.39 is 0 Å². The van der Waals surface area contributed by atoms with Gasteiger partial charge in [-0.05, 0) is 25.0 Å². The average Bonchev–Trinajstić information content (AvgIpc) is 2.79. The molecule has 0 spiro atoms. The van der Waals surface area contributed by atoms with Crippen LogP contribution in [0, 0.1) is 0 Å². The molecule has 1 fully saturated rings. The molecule has 17 heavy (non-hydrogen) atoms. The van der Waals surface area contributed by atoms with Crippen LogP contribution < -0.4 is 0 Å². The fourth-order valence-electron chi connectivity index (χ4n) is 2.02. The summed E-state index contributed by atoms with van der Waals surface area (Å²) in [5, 5.41) is 3.94. The van der Waals surface area contributed by atoms with E-state index in [0.717, 1.165) is 43.0 Å². The molecule has 0 N–H and O–H groups in total. The number of hydrogen-bond donors (Lipinski definition) is 0. The molecule has 1 unspecified atom stereocenters. The summed E-state index contributed by atoms with van der Waals surface area (Å²) in [5.74, 6) is 3.25. The molecule has 2 rings (SSSR count). The SMILES string of the molecule is CCCSCc1noc(C2CCCCC2=O)n1. The van der Waals surface area contributed by atoms with Gasteiger partial charge in [-0.25, -0.2) is 0 Å². The summed E-state index contributed by atoms with van der Waals surface area (Å²) < 4.78 is 5.21. The maximum Gasteiger partial charge on any atom is 0.237 e. The van der Waals surface area contributed by atoms with Crippen LogP contribution in [0.1, 0.15) is 56.7 Å². The van der Waals surface area contributed by atoms with Crippen LogP contribution in [0.3, 0.4) is 0 Å². The Morgan fingerprint density at radius 2 is 2.35 bits per heavy atom. The Labute approximate surface area is 106 Å². The first-order chi connectivity index (χ1) is 8.31. The van der Waals surface area contributed by atoms with E-state index in [1.807, 2.05) is 0 Å². The topological polar surface area (TPSA) is 56.0 Å². The minimum atomic E-state index is -0.138. The number of Topliss-reactive ketones (excluding diaryl/α,β-unsaturated/α-hetero) is 1. The molecule has 0 radical (unpaired) electrons. The molecular weight excluding hydrogens is 236 g/mol. The third kappa shape index (κ3) is 3.31. The van der Waals surface area contributed by atoms with E-state index in [0.29, 0.717) is 12.3 Å². The lowest BCUT2D eigenvalue weighted by molar-refractivity contribution is -0.122. The fourth-order valence-corrected chi connectivity index (χ4v) is 2.75. The molecular formula is C12H18N2O2S. The molecule has 1 aliphatic carbocycles. The first-order valence-electron chi connectivity index (χ1n) is 6.24. The molecule has 0 aliphatic heterocycles. The zero-order chi connectivity index (χ0) is 12.1. The van der Waals surface area contributed by atoms with Gasteiger partial charge in [0.1, 0.15) is 5.78 Å². The van der Waals surface area contributed by atoms with Crippen LogP contribution in [0.4, 0.5) is 0 Å². The number of thioether (sulfide) groups is 1. The summed E-state index contributed by atoms with van der Waals surface area (Å²) in [6, 6.07) is 0. The Morgan fingerprint density at radius 3 is 3.12 bits per heavy atom. The van der Waals surface area contributed by atoms with Crippen LogP contribution in [0.25, 0.3) is 0 Å².